The first-order valence-corrected chi connectivity index (χ1v) is 13.1. The molecular weight excluding hydrogens is 451 g/mol. The highest BCUT2D eigenvalue weighted by Gasteiger charge is 2.21. The first-order valence-electron chi connectivity index (χ1n) is 12.3. The number of thiazole rings is 1. The van der Waals surface area contributed by atoms with Gasteiger partial charge in [-0.05, 0) is 61.8 Å². The van der Waals surface area contributed by atoms with Gasteiger partial charge >= 0.3 is 0 Å². The standard InChI is InChI=1S/C26H31FN4O2S/c27-21-7-5-20(6-8-21)25-23(16-31(30-25)15-19-3-1-2-4-19)26-29-22(17-34-26)13-24(32)28-14-18-9-11-33-12-10-18/h5-8,16-19H,1-4,9-15H2,(H,28,32). The van der Waals surface area contributed by atoms with Crippen molar-refractivity contribution in [3.8, 4) is 21.8 Å². The molecule has 6 nitrogen and oxygen atoms in total. The molecule has 2 fully saturated rings. The van der Waals surface area contributed by atoms with Crippen LogP contribution >= 0.6 is 11.3 Å². The molecule has 0 unspecified atom stereocenters. The summed E-state index contributed by atoms with van der Waals surface area (Å²) < 4.78 is 20.9. The summed E-state index contributed by atoms with van der Waals surface area (Å²) in [5.74, 6) is 0.880. The monoisotopic (exact) mass is 482 g/mol. The van der Waals surface area contributed by atoms with Gasteiger partial charge in [0.05, 0.1) is 17.7 Å². The van der Waals surface area contributed by atoms with Crippen LogP contribution in [0, 0.1) is 17.7 Å². The van der Waals surface area contributed by atoms with Crippen molar-refractivity contribution in [3.05, 3.63) is 47.4 Å². The van der Waals surface area contributed by atoms with E-state index in [1.54, 1.807) is 12.1 Å². The Bertz CT molecular complexity index is 1100. The van der Waals surface area contributed by atoms with Crippen molar-refractivity contribution in [1.82, 2.24) is 20.1 Å². The van der Waals surface area contributed by atoms with E-state index in [0.717, 1.165) is 60.1 Å². The van der Waals surface area contributed by atoms with Crippen LogP contribution in [-0.4, -0.2) is 40.4 Å². The molecule has 1 aliphatic carbocycles. The fourth-order valence-electron chi connectivity index (χ4n) is 4.90. The van der Waals surface area contributed by atoms with Crippen molar-refractivity contribution in [2.75, 3.05) is 19.8 Å². The van der Waals surface area contributed by atoms with E-state index in [1.165, 1.54) is 49.2 Å². The van der Waals surface area contributed by atoms with E-state index in [-0.39, 0.29) is 18.1 Å². The summed E-state index contributed by atoms with van der Waals surface area (Å²) in [6, 6.07) is 6.45. The molecule has 34 heavy (non-hydrogen) atoms. The third-order valence-corrected chi connectivity index (χ3v) is 7.78. The van der Waals surface area contributed by atoms with E-state index in [9.17, 15) is 9.18 Å². The molecule has 1 aliphatic heterocycles. The van der Waals surface area contributed by atoms with Crippen molar-refractivity contribution in [3.63, 3.8) is 0 Å². The molecule has 8 heteroatoms. The van der Waals surface area contributed by atoms with E-state index in [1.807, 2.05) is 10.1 Å². The van der Waals surface area contributed by atoms with Crippen LogP contribution < -0.4 is 5.32 Å². The maximum absolute atomic E-state index is 13.5. The van der Waals surface area contributed by atoms with Gasteiger partial charge in [0, 0.05) is 43.4 Å². The number of carbonyl (C=O) groups is 1. The molecule has 1 N–H and O–H groups in total. The molecule has 0 spiro atoms. The summed E-state index contributed by atoms with van der Waals surface area (Å²) in [7, 11) is 0. The molecule has 0 atom stereocenters. The predicted octanol–water partition coefficient (Wildman–Crippen LogP) is 5.09. The number of halogens is 1. The molecule has 0 bridgehead atoms. The van der Waals surface area contributed by atoms with Crippen molar-refractivity contribution in [2.45, 2.75) is 51.5 Å². The lowest BCUT2D eigenvalue weighted by molar-refractivity contribution is -0.120. The van der Waals surface area contributed by atoms with Crippen LogP contribution in [0.4, 0.5) is 4.39 Å². The van der Waals surface area contributed by atoms with Crippen molar-refractivity contribution < 1.29 is 13.9 Å². The largest absolute Gasteiger partial charge is 0.381 e. The Kier molecular flexibility index (Phi) is 7.35. The molecule has 1 saturated heterocycles. The van der Waals surface area contributed by atoms with Gasteiger partial charge in [-0.2, -0.15) is 5.10 Å². The molecule has 3 heterocycles. The summed E-state index contributed by atoms with van der Waals surface area (Å²) in [6.07, 6.45) is 9.38. The maximum atomic E-state index is 13.5. The van der Waals surface area contributed by atoms with Gasteiger partial charge in [0.2, 0.25) is 5.91 Å². The number of hydrogen-bond acceptors (Lipinski definition) is 5. The zero-order valence-electron chi connectivity index (χ0n) is 19.3. The third kappa shape index (κ3) is 5.73. The fourth-order valence-corrected chi connectivity index (χ4v) is 5.73. The second-order valence-electron chi connectivity index (χ2n) is 9.45. The van der Waals surface area contributed by atoms with Gasteiger partial charge in [-0.15, -0.1) is 11.3 Å². The summed E-state index contributed by atoms with van der Waals surface area (Å²) in [5.41, 5.74) is 3.37. The maximum Gasteiger partial charge on any atom is 0.226 e. The Morgan fingerprint density at radius 1 is 1.12 bits per heavy atom. The van der Waals surface area contributed by atoms with Crippen molar-refractivity contribution in [2.24, 2.45) is 11.8 Å². The zero-order chi connectivity index (χ0) is 23.3. The van der Waals surface area contributed by atoms with Gasteiger partial charge in [-0.3, -0.25) is 9.48 Å². The van der Waals surface area contributed by atoms with Crippen molar-refractivity contribution >= 4 is 17.2 Å². The van der Waals surface area contributed by atoms with Crippen LogP contribution in [0.1, 0.15) is 44.2 Å². The Labute approximate surface area is 203 Å². The van der Waals surface area contributed by atoms with Gasteiger partial charge in [0.1, 0.15) is 16.5 Å². The minimum absolute atomic E-state index is 0.000900. The van der Waals surface area contributed by atoms with E-state index >= 15 is 0 Å². The lowest BCUT2D eigenvalue weighted by atomic mass is 10.0. The average molecular weight is 483 g/mol. The normalized spacial score (nSPS) is 17.3. The first-order chi connectivity index (χ1) is 16.6. The molecule has 3 aromatic rings. The number of aromatic nitrogens is 3. The van der Waals surface area contributed by atoms with E-state index in [2.05, 4.69) is 11.5 Å². The first kappa shape index (κ1) is 23.2. The second kappa shape index (κ2) is 10.8. The number of hydrogen-bond donors (Lipinski definition) is 1. The number of benzene rings is 1. The van der Waals surface area contributed by atoms with Crippen LogP contribution in [0.5, 0.6) is 0 Å². The molecular formula is C26H31FN4O2S. The third-order valence-electron chi connectivity index (χ3n) is 6.85. The highest BCUT2D eigenvalue weighted by atomic mass is 32.1. The molecule has 5 rings (SSSR count). The lowest BCUT2D eigenvalue weighted by Crippen LogP contribution is -2.33. The van der Waals surface area contributed by atoms with Crippen LogP contribution in [0.3, 0.4) is 0 Å². The van der Waals surface area contributed by atoms with Gasteiger partial charge in [-0.1, -0.05) is 12.8 Å². The zero-order valence-corrected chi connectivity index (χ0v) is 20.2. The Morgan fingerprint density at radius 3 is 2.65 bits per heavy atom. The van der Waals surface area contributed by atoms with E-state index in [4.69, 9.17) is 14.8 Å². The van der Waals surface area contributed by atoms with Gasteiger partial charge in [0.25, 0.3) is 0 Å². The van der Waals surface area contributed by atoms with E-state index < -0.39 is 0 Å². The number of amides is 1. The molecule has 1 amide bonds. The predicted molar refractivity (Wildman–Crippen MR) is 131 cm³/mol. The molecule has 1 saturated carbocycles. The Hall–Kier alpha value is -2.58. The summed E-state index contributed by atoms with van der Waals surface area (Å²) >= 11 is 1.52. The highest BCUT2D eigenvalue weighted by Crippen LogP contribution is 2.34. The number of ether oxygens (including phenoxy) is 1. The molecule has 180 valence electrons. The minimum atomic E-state index is -0.265. The number of nitrogens with zero attached hydrogens (tertiary/aromatic N) is 3. The fraction of sp³-hybridized carbons (Fsp3) is 0.500. The molecule has 0 radical (unpaired) electrons. The Balaban J connectivity index is 1.31. The van der Waals surface area contributed by atoms with Crippen LogP contribution in [-0.2, 0) is 22.5 Å². The second-order valence-corrected chi connectivity index (χ2v) is 10.3. The Morgan fingerprint density at radius 2 is 1.88 bits per heavy atom. The summed E-state index contributed by atoms with van der Waals surface area (Å²) in [5, 5.41) is 10.7. The molecule has 2 aromatic heterocycles. The average Bonchev–Trinajstić information content (AvgIpc) is 3.61. The minimum Gasteiger partial charge on any atom is -0.381 e. The van der Waals surface area contributed by atoms with Crippen molar-refractivity contribution in [1.29, 1.82) is 0 Å². The number of carbonyl (C=O) groups excluding carboxylic acids is 1. The van der Waals surface area contributed by atoms with Crippen LogP contribution in [0.25, 0.3) is 21.8 Å². The smallest absolute Gasteiger partial charge is 0.226 e. The van der Waals surface area contributed by atoms with Gasteiger partial charge in [0.15, 0.2) is 0 Å². The van der Waals surface area contributed by atoms with Crippen LogP contribution in [0.2, 0.25) is 0 Å². The molecule has 1 aromatic carbocycles. The summed E-state index contributed by atoms with van der Waals surface area (Å²) in [4.78, 5) is 17.3. The number of rotatable bonds is 8. The number of nitrogens with one attached hydrogen (secondary N) is 1. The topological polar surface area (TPSA) is 69.0 Å². The van der Waals surface area contributed by atoms with Gasteiger partial charge < -0.3 is 10.1 Å². The SMILES string of the molecule is O=C(Cc1csc(-c2cn(CC3CCCC3)nc2-c2ccc(F)cc2)n1)NCC1CCOCC1. The van der Waals surface area contributed by atoms with Crippen LogP contribution in [0.15, 0.2) is 35.8 Å². The lowest BCUT2D eigenvalue weighted by Gasteiger charge is -2.22. The molecule has 2 aliphatic rings. The highest BCUT2D eigenvalue weighted by molar-refractivity contribution is 7.13. The van der Waals surface area contributed by atoms with E-state index in [0.29, 0.717) is 18.4 Å². The quantitative estimate of drug-likeness (QED) is 0.486. The summed E-state index contributed by atoms with van der Waals surface area (Å²) in [6.45, 7) is 3.14. The van der Waals surface area contributed by atoms with Gasteiger partial charge in [-0.25, -0.2) is 9.37 Å².